The SMILES string of the molecule is O=C(COc1cccnc1)NC1CCN(c2cc(-c3cccs3)[nH]n2)CC1. The van der Waals surface area contributed by atoms with Crippen molar-refractivity contribution < 1.29 is 9.53 Å². The Labute approximate surface area is 161 Å². The summed E-state index contributed by atoms with van der Waals surface area (Å²) in [7, 11) is 0. The van der Waals surface area contributed by atoms with Gasteiger partial charge in [0.05, 0.1) is 16.8 Å². The molecule has 0 radical (unpaired) electrons. The van der Waals surface area contributed by atoms with Crippen molar-refractivity contribution in [2.75, 3.05) is 24.6 Å². The number of aromatic nitrogens is 3. The van der Waals surface area contributed by atoms with E-state index in [1.807, 2.05) is 6.07 Å². The number of ether oxygens (including phenoxy) is 1. The summed E-state index contributed by atoms with van der Waals surface area (Å²) in [5.74, 6) is 1.46. The Kier molecular flexibility index (Phi) is 5.34. The molecule has 1 aliphatic rings. The zero-order valence-electron chi connectivity index (χ0n) is 14.8. The fourth-order valence-corrected chi connectivity index (χ4v) is 3.83. The number of anilines is 1. The van der Waals surface area contributed by atoms with E-state index < -0.39 is 0 Å². The van der Waals surface area contributed by atoms with Gasteiger partial charge in [-0.15, -0.1) is 11.3 Å². The normalized spacial score (nSPS) is 14.9. The zero-order chi connectivity index (χ0) is 18.5. The Morgan fingerprint density at radius 1 is 1.33 bits per heavy atom. The van der Waals surface area contributed by atoms with Crippen LogP contribution < -0.4 is 15.0 Å². The molecule has 3 aromatic rings. The van der Waals surface area contributed by atoms with Crippen molar-refractivity contribution in [1.29, 1.82) is 0 Å². The van der Waals surface area contributed by atoms with Crippen molar-refractivity contribution in [2.24, 2.45) is 0 Å². The quantitative estimate of drug-likeness (QED) is 0.684. The zero-order valence-corrected chi connectivity index (χ0v) is 15.6. The molecule has 2 N–H and O–H groups in total. The summed E-state index contributed by atoms with van der Waals surface area (Å²) in [5.41, 5.74) is 1.04. The molecule has 0 unspecified atom stereocenters. The number of hydrogen-bond acceptors (Lipinski definition) is 6. The van der Waals surface area contributed by atoms with E-state index in [0.717, 1.165) is 37.4 Å². The van der Waals surface area contributed by atoms with Gasteiger partial charge in [0.2, 0.25) is 0 Å². The van der Waals surface area contributed by atoms with Gasteiger partial charge in [0.25, 0.3) is 5.91 Å². The van der Waals surface area contributed by atoms with Crippen molar-refractivity contribution in [3.8, 4) is 16.3 Å². The summed E-state index contributed by atoms with van der Waals surface area (Å²) >= 11 is 1.69. The first kappa shape index (κ1) is 17.5. The molecule has 3 aromatic heterocycles. The number of piperidine rings is 1. The number of rotatable bonds is 6. The lowest BCUT2D eigenvalue weighted by Gasteiger charge is -2.32. The van der Waals surface area contributed by atoms with Crippen LogP contribution in [-0.2, 0) is 4.79 Å². The van der Waals surface area contributed by atoms with Crippen LogP contribution in [0.5, 0.6) is 5.75 Å². The maximum absolute atomic E-state index is 12.1. The first-order chi connectivity index (χ1) is 13.3. The van der Waals surface area contributed by atoms with E-state index in [1.165, 1.54) is 4.88 Å². The van der Waals surface area contributed by atoms with E-state index in [4.69, 9.17) is 4.74 Å². The fourth-order valence-electron chi connectivity index (χ4n) is 3.13. The largest absolute Gasteiger partial charge is 0.482 e. The molecule has 140 valence electrons. The van der Waals surface area contributed by atoms with E-state index in [2.05, 4.69) is 42.9 Å². The van der Waals surface area contributed by atoms with Gasteiger partial charge in [0.1, 0.15) is 5.75 Å². The van der Waals surface area contributed by atoms with E-state index in [-0.39, 0.29) is 18.6 Å². The number of amides is 1. The third-order valence-corrected chi connectivity index (χ3v) is 5.44. The minimum atomic E-state index is -0.0999. The fraction of sp³-hybridized carbons (Fsp3) is 0.316. The number of nitrogens with zero attached hydrogens (tertiary/aromatic N) is 3. The Morgan fingerprint density at radius 2 is 2.22 bits per heavy atom. The standard InChI is InChI=1S/C19H21N5O2S/c25-19(13-26-15-3-1-7-20-12-15)21-14-5-8-24(9-6-14)18-11-16(22-23-18)17-4-2-10-27-17/h1-4,7,10-12,14H,5-6,8-9,13H2,(H,21,25)(H,22,23). The van der Waals surface area contributed by atoms with Crippen LogP contribution in [0.25, 0.3) is 10.6 Å². The molecule has 0 aromatic carbocycles. The van der Waals surface area contributed by atoms with Crippen molar-refractivity contribution in [2.45, 2.75) is 18.9 Å². The summed E-state index contributed by atoms with van der Waals surface area (Å²) in [6, 6.07) is 9.94. The van der Waals surface area contributed by atoms with Crippen LogP contribution in [0.15, 0.2) is 48.1 Å². The number of hydrogen-bond donors (Lipinski definition) is 2. The Morgan fingerprint density at radius 3 is 2.96 bits per heavy atom. The maximum Gasteiger partial charge on any atom is 0.258 e. The van der Waals surface area contributed by atoms with Crippen LogP contribution in [0, 0.1) is 0 Å². The molecule has 0 aliphatic carbocycles. The predicted octanol–water partition coefficient (Wildman–Crippen LogP) is 2.70. The molecule has 4 rings (SSSR count). The van der Waals surface area contributed by atoms with E-state index in [1.54, 1.807) is 35.9 Å². The number of pyridine rings is 1. The van der Waals surface area contributed by atoms with Gasteiger partial charge < -0.3 is 15.0 Å². The molecule has 0 atom stereocenters. The topological polar surface area (TPSA) is 83.1 Å². The highest BCUT2D eigenvalue weighted by molar-refractivity contribution is 7.13. The number of H-pyrrole nitrogens is 1. The highest BCUT2D eigenvalue weighted by Crippen LogP contribution is 2.27. The molecule has 4 heterocycles. The minimum absolute atomic E-state index is 0.00937. The van der Waals surface area contributed by atoms with Crippen LogP contribution >= 0.6 is 11.3 Å². The van der Waals surface area contributed by atoms with Crippen LogP contribution in [-0.4, -0.2) is 46.8 Å². The highest BCUT2D eigenvalue weighted by Gasteiger charge is 2.22. The molecule has 27 heavy (non-hydrogen) atoms. The van der Waals surface area contributed by atoms with Crippen LogP contribution in [0.2, 0.25) is 0 Å². The lowest BCUT2D eigenvalue weighted by atomic mass is 10.1. The summed E-state index contributed by atoms with van der Waals surface area (Å²) < 4.78 is 5.44. The highest BCUT2D eigenvalue weighted by atomic mass is 32.1. The molecule has 0 spiro atoms. The average molecular weight is 383 g/mol. The second-order valence-electron chi connectivity index (χ2n) is 6.42. The summed E-state index contributed by atoms with van der Waals surface area (Å²) in [4.78, 5) is 19.5. The summed E-state index contributed by atoms with van der Waals surface area (Å²) in [6.07, 6.45) is 5.04. The lowest BCUT2D eigenvalue weighted by Crippen LogP contribution is -2.46. The lowest BCUT2D eigenvalue weighted by molar-refractivity contribution is -0.123. The van der Waals surface area contributed by atoms with Crippen molar-refractivity contribution in [3.63, 3.8) is 0 Å². The molecule has 0 bridgehead atoms. The Bertz CT molecular complexity index is 857. The maximum atomic E-state index is 12.1. The van der Waals surface area contributed by atoms with Gasteiger partial charge in [-0.2, -0.15) is 5.10 Å². The third kappa shape index (κ3) is 4.46. The smallest absolute Gasteiger partial charge is 0.258 e. The minimum Gasteiger partial charge on any atom is -0.482 e. The predicted molar refractivity (Wildman–Crippen MR) is 105 cm³/mol. The molecule has 0 saturated carbocycles. The second kappa shape index (κ2) is 8.22. The van der Waals surface area contributed by atoms with Gasteiger partial charge in [-0.25, -0.2) is 0 Å². The summed E-state index contributed by atoms with van der Waals surface area (Å²) in [5, 5.41) is 12.7. The van der Waals surface area contributed by atoms with E-state index in [0.29, 0.717) is 5.75 Å². The third-order valence-electron chi connectivity index (χ3n) is 4.54. The summed E-state index contributed by atoms with van der Waals surface area (Å²) in [6.45, 7) is 1.74. The van der Waals surface area contributed by atoms with E-state index in [9.17, 15) is 4.79 Å². The van der Waals surface area contributed by atoms with Gasteiger partial charge in [0.15, 0.2) is 12.4 Å². The van der Waals surface area contributed by atoms with Gasteiger partial charge in [-0.1, -0.05) is 6.07 Å². The van der Waals surface area contributed by atoms with Crippen molar-refractivity contribution in [1.82, 2.24) is 20.5 Å². The number of nitrogens with one attached hydrogen (secondary N) is 2. The van der Waals surface area contributed by atoms with E-state index >= 15 is 0 Å². The number of carbonyl (C=O) groups excluding carboxylic acids is 1. The van der Waals surface area contributed by atoms with Gasteiger partial charge >= 0.3 is 0 Å². The molecule has 7 nitrogen and oxygen atoms in total. The first-order valence-electron chi connectivity index (χ1n) is 8.94. The van der Waals surface area contributed by atoms with Gasteiger partial charge in [-0.3, -0.25) is 14.9 Å². The molecular weight excluding hydrogens is 362 g/mol. The van der Waals surface area contributed by atoms with Crippen molar-refractivity contribution in [3.05, 3.63) is 48.1 Å². The van der Waals surface area contributed by atoms with Crippen molar-refractivity contribution >= 4 is 23.1 Å². The molecule has 1 saturated heterocycles. The van der Waals surface area contributed by atoms with Gasteiger partial charge in [-0.05, 0) is 36.4 Å². The molecular formula is C19H21N5O2S. The number of aromatic amines is 1. The molecule has 1 aliphatic heterocycles. The molecule has 8 heteroatoms. The number of thiophene rings is 1. The van der Waals surface area contributed by atoms with Crippen LogP contribution in [0.1, 0.15) is 12.8 Å². The first-order valence-corrected chi connectivity index (χ1v) is 9.82. The molecule has 1 amide bonds. The Balaban J connectivity index is 1.23. The molecule has 1 fully saturated rings. The Hall–Kier alpha value is -2.87. The van der Waals surface area contributed by atoms with Crippen LogP contribution in [0.3, 0.4) is 0 Å². The average Bonchev–Trinajstić information content (AvgIpc) is 3.39. The van der Waals surface area contributed by atoms with Gasteiger partial charge in [0, 0.05) is 31.4 Å². The number of carbonyl (C=O) groups is 1. The monoisotopic (exact) mass is 383 g/mol. The second-order valence-corrected chi connectivity index (χ2v) is 7.37. The van der Waals surface area contributed by atoms with Crippen LogP contribution in [0.4, 0.5) is 5.82 Å².